The maximum absolute atomic E-state index is 11.9. The number of unbranched alkanes of at least 4 members (excludes halogenated alkanes) is 1. The predicted octanol–water partition coefficient (Wildman–Crippen LogP) is 1.37. The SMILES string of the molecule is COCC(O)COCCCCOCC(O)CCc1ccc(OP(=O)([O-])OCC[N+](C)(C)C)cc1. The predicted molar refractivity (Wildman–Crippen MR) is 127 cm³/mol. The molecule has 0 aliphatic carbocycles. The molecule has 10 nitrogen and oxygen atoms in total. The minimum Gasteiger partial charge on any atom is -0.746 e. The summed E-state index contributed by atoms with van der Waals surface area (Å²) in [5.41, 5.74) is 0.950. The van der Waals surface area contributed by atoms with E-state index in [1.54, 1.807) is 24.3 Å². The third kappa shape index (κ3) is 16.5. The maximum Gasteiger partial charge on any atom is 0.319 e. The molecule has 0 aliphatic heterocycles. The Kier molecular flexibility index (Phi) is 15.1. The molecule has 0 aromatic heterocycles. The van der Waals surface area contributed by atoms with E-state index >= 15 is 0 Å². The summed E-state index contributed by atoms with van der Waals surface area (Å²) in [4.78, 5) is 11.9. The first kappa shape index (κ1) is 31.0. The van der Waals surface area contributed by atoms with Gasteiger partial charge in [-0.1, -0.05) is 12.1 Å². The molecule has 198 valence electrons. The molecular weight excluding hydrogens is 465 g/mol. The Morgan fingerprint density at radius 3 is 2.09 bits per heavy atom. The van der Waals surface area contributed by atoms with Gasteiger partial charge in [0.15, 0.2) is 0 Å². The summed E-state index contributed by atoms with van der Waals surface area (Å²) in [5.74, 6) is 0.188. The van der Waals surface area contributed by atoms with Crippen LogP contribution >= 0.6 is 7.82 Å². The molecule has 1 aromatic rings. The van der Waals surface area contributed by atoms with Crippen molar-refractivity contribution in [1.82, 2.24) is 0 Å². The Bertz CT molecular complexity index is 697. The molecule has 0 bridgehead atoms. The van der Waals surface area contributed by atoms with Gasteiger partial charge in [-0.05, 0) is 43.4 Å². The zero-order valence-corrected chi connectivity index (χ0v) is 21.8. The van der Waals surface area contributed by atoms with Crippen molar-refractivity contribution in [2.24, 2.45) is 0 Å². The summed E-state index contributed by atoms with van der Waals surface area (Å²) in [6.45, 7) is 2.41. The number of quaternary nitrogens is 1. The largest absolute Gasteiger partial charge is 0.746 e. The minimum absolute atomic E-state index is 0.0507. The van der Waals surface area contributed by atoms with Gasteiger partial charge < -0.3 is 42.8 Å². The zero-order valence-electron chi connectivity index (χ0n) is 20.9. The van der Waals surface area contributed by atoms with Crippen LogP contribution in [0.15, 0.2) is 24.3 Å². The standard InChI is InChI=1S/C23H42NO9P/c1-24(2,3)13-16-32-34(27,28)33-23-11-8-20(9-12-23)7-10-21(25)18-30-14-5-6-15-31-19-22(26)17-29-4/h8-9,11-12,21-22,25-26H,5-7,10,13-19H2,1-4H3. The maximum atomic E-state index is 11.9. The fraction of sp³-hybridized carbons (Fsp3) is 0.739. The average molecular weight is 508 g/mol. The van der Waals surface area contributed by atoms with E-state index < -0.39 is 20.0 Å². The van der Waals surface area contributed by atoms with E-state index in [0.717, 1.165) is 18.4 Å². The Balaban J connectivity index is 2.16. The molecule has 1 rings (SSSR count). The highest BCUT2D eigenvalue weighted by atomic mass is 31.2. The monoisotopic (exact) mass is 507 g/mol. The smallest absolute Gasteiger partial charge is 0.319 e. The molecule has 0 saturated carbocycles. The highest BCUT2D eigenvalue weighted by Crippen LogP contribution is 2.39. The van der Waals surface area contributed by atoms with Crippen molar-refractivity contribution in [3.8, 4) is 5.75 Å². The number of likely N-dealkylation sites (N-methyl/N-ethyl adjacent to an activating group) is 1. The van der Waals surface area contributed by atoms with Crippen LogP contribution in [0.25, 0.3) is 0 Å². The van der Waals surface area contributed by atoms with E-state index in [2.05, 4.69) is 0 Å². The molecule has 0 radical (unpaired) electrons. The van der Waals surface area contributed by atoms with Gasteiger partial charge in [-0.3, -0.25) is 4.57 Å². The fourth-order valence-electron chi connectivity index (χ4n) is 2.80. The van der Waals surface area contributed by atoms with Crippen molar-refractivity contribution in [2.75, 3.05) is 74.4 Å². The van der Waals surface area contributed by atoms with E-state index in [-0.39, 0.29) is 32.2 Å². The van der Waals surface area contributed by atoms with Crippen LogP contribution in [0, 0.1) is 0 Å². The number of benzene rings is 1. The van der Waals surface area contributed by atoms with E-state index in [1.165, 1.54) is 7.11 Å². The van der Waals surface area contributed by atoms with Crippen molar-refractivity contribution in [3.63, 3.8) is 0 Å². The number of phosphoric acid groups is 1. The lowest BCUT2D eigenvalue weighted by Crippen LogP contribution is -2.37. The van der Waals surface area contributed by atoms with Gasteiger partial charge in [0.2, 0.25) is 0 Å². The van der Waals surface area contributed by atoms with Crippen molar-refractivity contribution in [3.05, 3.63) is 29.8 Å². The normalized spacial score (nSPS) is 15.6. The van der Waals surface area contributed by atoms with Gasteiger partial charge in [0.25, 0.3) is 0 Å². The molecule has 0 heterocycles. The molecule has 11 heteroatoms. The van der Waals surface area contributed by atoms with E-state index in [9.17, 15) is 19.7 Å². The second-order valence-corrected chi connectivity index (χ2v) is 10.5. The zero-order chi connectivity index (χ0) is 25.5. The topological polar surface area (TPSA) is 127 Å². The Hall–Kier alpha value is -1.07. The quantitative estimate of drug-likeness (QED) is 0.153. The number of aliphatic hydroxyl groups excluding tert-OH is 2. The van der Waals surface area contributed by atoms with Gasteiger partial charge in [-0.15, -0.1) is 0 Å². The van der Waals surface area contributed by atoms with Crippen molar-refractivity contribution < 1.29 is 47.4 Å². The van der Waals surface area contributed by atoms with Gasteiger partial charge in [0.05, 0.1) is 47.1 Å². The van der Waals surface area contributed by atoms with Crippen LogP contribution in [0.2, 0.25) is 0 Å². The first-order chi connectivity index (χ1) is 16.0. The fourth-order valence-corrected chi connectivity index (χ4v) is 3.54. The molecule has 1 aromatic carbocycles. The third-order valence-corrected chi connectivity index (χ3v) is 5.66. The molecule has 0 spiro atoms. The molecule has 0 saturated heterocycles. The molecule has 34 heavy (non-hydrogen) atoms. The molecule has 0 aliphatic rings. The van der Waals surface area contributed by atoms with E-state index in [1.807, 2.05) is 21.1 Å². The second kappa shape index (κ2) is 16.6. The van der Waals surface area contributed by atoms with Crippen LogP contribution in [0.3, 0.4) is 0 Å². The summed E-state index contributed by atoms with van der Waals surface area (Å²) >= 11 is 0. The van der Waals surface area contributed by atoms with E-state index in [0.29, 0.717) is 37.1 Å². The number of rotatable bonds is 20. The van der Waals surface area contributed by atoms with Crippen molar-refractivity contribution in [1.29, 1.82) is 0 Å². The summed E-state index contributed by atoms with van der Waals surface area (Å²) in [7, 11) is 2.94. The van der Waals surface area contributed by atoms with Crippen LogP contribution in [0.5, 0.6) is 5.75 Å². The Morgan fingerprint density at radius 1 is 0.941 bits per heavy atom. The highest BCUT2D eigenvalue weighted by Gasteiger charge is 2.15. The number of ether oxygens (including phenoxy) is 3. The summed E-state index contributed by atoms with van der Waals surface area (Å²) in [6.07, 6.45) is 1.56. The lowest BCUT2D eigenvalue weighted by molar-refractivity contribution is -0.870. The van der Waals surface area contributed by atoms with Gasteiger partial charge in [0.1, 0.15) is 25.0 Å². The molecule has 3 unspecified atom stereocenters. The van der Waals surface area contributed by atoms with Crippen LogP contribution in [-0.4, -0.2) is 101 Å². The number of aryl methyl sites for hydroxylation is 1. The number of methoxy groups -OCH3 is 1. The van der Waals surface area contributed by atoms with Crippen molar-refractivity contribution in [2.45, 2.75) is 37.9 Å². The van der Waals surface area contributed by atoms with E-state index in [4.69, 9.17) is 23.3 Å². The summed E-state index contributed by atoms with van der Waals surface area (Å²) < 4.78 is 38.1. The summed E-state index contributed by atoms with van der Waals surface area (Å²) in [6, 6.07) is 6.67. The molecule has 3 atom stereocenters. The van der Waals surface area contributed by atoms with Gasteiger partial charge in [0, 0.05) is 20.3 Å². The highest BCUT2D eigenvalue weighted by molar-refractivity contribution is 7.46. The van der Waals surface area contributed by atoms with Crippen LogP contribution in [0.1, 0.15) is 24.8 Å². The number of aliphatic hydroxyl groups is 2. The average Bonchev–Trinajstić information content (AvgIpc) is 2.74. The van der Waals surface area contributed by atoms with Crippen LogP contribution in [-0.2, 0) is 29.7 Å². The number of nitrogens with zero attached hydrogens (tertiary/aromatic N) is 1. The van der Waals surface area contributed by atoms with Crippen LogP contribution in [0.4, 0.5) is 0 Å². The molecule has 0 amide bonds. The first-order valence-corrected chi connectivity index (χ1v) is 13.0. The Labute approximate surface area is 203 Å². The van der Waals surface area contributed by atoms with Gasteiger partial charge in [-0.2, -0.15) is 0 Å². The minimum atomic E-state index is -4.42. The van der Waals surface area contributed by atoms with Gasteiger partial charge >= 0.3 is 7.82 Å². The lowest BCUT2D eigenvalue weighted by Gasteiger charge is -2.27. The third-order valence-electron chi connectivity index (χ3n) is 4.73. The van der Waals surface area contributed by atoms with Gasteiger partial charge in [-0.25, -0.2) is 0 Å². The second-order valence-electron chi connectivity index (χ2n) is 9.19. The summed E-state index contributed by atoms with van der Waals surface area (Å²) in [5, 5.41) is 19.6. The number of hydrogen-bond acceptors (Lipinski definition) is 9. The Morgan fingerprint density at radius 2 is 1.53 bits per heavy atom. The molecule has 0 fully saturated rings. The van der Waals surface area contributed by atoms with Crippen molar-refractivity contribution >= 4 is 7.82 Å². The molecule has 2 N–H and O–H groups in total. The van der Waals surface area contributed by atoms with Crippen LogP contribution < -0.4 is 9.42 Å². The number of hydrogen-bond donors (Lipinski definition) is 2. The number of phosphoric ester groups is 1. The first-order valence-electron chi connectivity index (χ1n) is 11.6. The lowest BCUT2D eigenvalue weighted by atomic mass is 10.1. The molecular formula is C23H42NO9P.